The van der Waals surface area contributed by atoms with Gasteiger partial charge in [0.15, 0.2) is 11.1 Å². The van der Waals surface area contributed by atoms with Crippen LogP contribution >= 0.6 is 11.3 Å². The van der Waals surface area contributed by atoms with Crippen molar-refractivity contribution in [1.29, 1.82) is 0 Å². The first-order valence-electron chi connectivity index (χ1n) is 8.86. The van der Waals surface area contributed by atoms with Gasteiger partial charge in [0.05, 0.1) is 30.3 Å². The van der Waals surface area contributed by atoms with Crippen LogP contribution in [0.4, 0.5) is 5.82 Å². The average molecular weight is 386 g/mol. The van der Waals surface area contributed by atoms with Crippen LogP contribution in [0.1, 0.15) is 17.7 Å². The van der Waals surface area contributed by atoms with Gasteiger partial charge < -0.3 is 14.7 Å². The van der Waals surface area contributed by atoms with Gasteiger partial charge in [0.25, 0.3) is 0 Å². The zero-order chi connectivity index (χ0) is 18.4. The molecule has 0 spiro atoms. The molecule has 0 bridgehead atoms. The van der Waals surface area contributed by atoms with Gasteiger partial charge in [-0.2, -0.15) is 9.61 Å². The Kier molecular flexibility index (Phi) is 3.94. The maximum atomic E-state index is 11.5. The third-order valence-corrected chi connectivity index (χ3v) is 5.43. The number of aromatic nitrogens is 4. The van der Waals surface area contributed by atoms with Gasteiger partial charge in [0.1, 0.15) is 5.82 Å². The molecule has 1 aliphatic heterocycles. The molecule has 0 atom stereocenters. The average Bonchev–Trinajstić information content (AvgIpc) is 3.31. The van der Waals surface area contributed by atoms with Gasteiger partial charge in [-0.05, 0) is 18.9 Å². The number of fused-ring (bicyclic) bond motifs is 1. The van der Waals surface area contributed by atoms with Gasteiger partial charge in [-0.25, -0.2) is 4.98 Å². The van der Waals surface area contributed by atoms with Crippen molar-refractivity contribution >= 4 is 28.9 Å². The lowest BCUT2D eigenvalue weighted by molar-refractivity contribution is 0.122. The predicted octanol–water partition coefficient (Wildman–Crippen LogP) is -0.368. The number of hydrogen-bond acceptors (Lipinski definition) is 8. The molecule has 140 valence electrons. The van der Waals surface area contributed by atoms with E-state index in [4.69, 9.17) is 14.7 Å². The number of nitrogens with one attached hydrogen (secondary N) is 1. The molecule has 0 amide bonds. The van der Waals surface area contributed by atoms with Crippen LogP contribution in [-0.4, -0.2) is 57.0 Å². The molecular formula is C17H18N6O3S. The second-order valence-corrected chi connectivity index (χ2v) is 7.65. The van der Waals surface area contributed by atoms with Crippen LogP contribution in [0.15, 0.2) is 22.1 Å². The van der Waals surface area contributed by atoms with Crippen LogP contribution < -0.4 is 20.5 Å². The van der Waals surface area contributed by atoms with Crippen molar-refractivity contribution in [1.82, 2.24) is 19.6 Å². The summed E-state index contributed by atoms with van der Waals surface area (Å²) >= 11 is 0.946. The number of H-pyrrole nitrogens is 1. The standard InChI is InChI=1S/C17H18N6O3S/c24-16-12(27-17(25)21-16)7-10-9-18-23-14(19-11-1-2-11)8-13(20-15(10)23)22-3-5-26-6-4-22/h7-9,11,24H,1-6H2,(H,21,25). The highest BCUT2D eigenvalue weighted by molar-refractivity contribution is 7.10. The molecule has 5 rings (SSSR count). The number of rotatable bonds is 3. The maximum absolute atomic E-state index is 11.5. The van der Waals surface area contributed by atoms with Crippen molar-refractivity contribution in [3.63, 3.8) is 0 Å². The first-order chi connectivity index (χ1) is 13.2. The summed E-state index contributed by atoms with van der Waals surface area (Å²) in [7, 11) is 0. The lowest BCUT2D eigenvalue weighted by atomic mass is 10.3. The van der Waals surface area contributed by atoms with Crippen LogP contribution in [0.3, 0.4) is 0 Å². The fourth-order valence-electron chi connectivity index (χ4n) is 3.06. The molecule has 2 fully saturated rings. The molecule has 9 nitrogen and oxygen atoms in total. The first-order valence-corrected chi connectivity index (χ1v) is 9.68. The van der Waals surface area contributed by atoms with Crippen molar-refractivity contribution in [3.8, 4) is 5.88 Å². The number of thiazole rings is 1. The van der Waals surface area contributed by atoms with Gasteiger partial charge in [-0.15, -0.1) is 0 Å². The highest BCUT2D eigenvalue weighted by atomic mass is 32.1. The maximum Gasteiger partial charge on any atom is 0.307 e. The molecule has 1 saturated carbocycles. The highest BCUT2D eigenvalue weighted by Crippen LogP contribution is 2.23. The van der Waals surface area contributed by atoms with Crippen molar-refractivity contribution in [3.05, 3.63) is 37.5 Å². The summed E-state index contributed by atoms with van der Waals surface area (Å²) in [5.41, 5.74) is 1.42. The summed E-state index contributed by atoms with van der Waals surface area (Å²) in [6.45, 7) is 2.90. The van der Waals surface area contributed by atoms with Crippen molar-refractivity contribution < 1.29 is 9.84 Å². The molecule has 3 aromatic rings. The number of ether oxygens (including phenoxy) is 1. The lowest BCUT2D eigenvalue weighted by Crippen LogP contribution is -2.38. The molecule has 0 radical (unpaired) electrons. The summed E-state index contributed by atoms with van der Waals surface area (Å²) in [4.78, 5) is 25.7. The van der Waals surface area contributed by atoms with E-state index in [0.717, 1.165) is 53.8 Å². The molecule has 10 heteroatoms. The fraction of sp³-hybridized carbons (Fsp3) is 0.412. The molecule has 0 aromatic carbocycles. The molecule has 1 saturated heterocycles. The van der Waals surface area contributed by atoms with Gasteiger partial charge >= 0.3 is 4.87 Å². The van der Waals surface area contributed by atoms with E-state index in [2.05, 4.69) is 15.0 Å². The van der Waals surface area contributed by atoms with Crippen LogP contribution in [0.2, 0.25) is 0 Å². The Hall–Kier alpha value is -2.72. The smallest absolute Gasteiger partial charge is 0.307 e. The van der Waals surface area contributed by atoms with E-state index in [-0.39, 0.29) is 10.8 Å². The van der Waals surface area contributed by atoms with E-state index in [1.807, 2.05) is 6.07 Å². The number of aromatic hydroxyl groups is 1. The van der Waals surface area contributed by atoms with Crippen LogP contribution in [0.5, 0.6) is 5.88 Å². The number of hydrogen-bond donors (Lipinski definition) is 2. The second kappa shape index (κ2) is 6.46. The molecule has 0 unspecified atom stereocenters. The molecule has 2 N–H and O–H groups in total. The topological polar surface area (TPSA) is 108 Å². The van der Waals surface area contributed by atoms with Crippen molar-refractivity contribution in [2.24, 2.45) is 4.99 Å². The monoisotopic (exact) mass is 386 g/mol. The SMILES string of the molecule is O=c1[nH]c(O)c(C=c2cnn3c(=NC4CC4)cc(N4CCOCC4)nc23)s1. The molecule has 27 heavy (non-hydrogen) atoms. The molecular weight excluding hydrogens is 368 g/mol. The number of nitrogens with zero attached hydrogens (tertiary/aromatic N) is 5. The number of anilines is 1. The van der Waals surface area contributed by atoms with Crippen LogP contribution in [-0.2, 0) is 4.74 Å². The molecule has 2 aliphatic rings. The Labute approximate surface area is 157 Å². The van der Waals surface area contributed by atoms with Crippen LogP contribution in [0.25, 0.3) is 11.7 Å². The second-order valence-electron chi connectivity index (χ2n) is 6.64. The predicted molar refractivity (Wildman–Crippen MR) is 100.0 cm³/mol. The minimum atomic E-state index is -0.304. The molecule has 4 heterocycles. The van der Waals surface area contributed by atoms with E-state index < -0.39 is 0 Å². The third-order valence-electron chi connectivity index (χ3n) is 4.61. The molecule has 3 aromatic heterocycles. The summed E-state index contributed by atoms with van der Waals surface area (Å²) < 4.78 is 7.16. The summed E-state index contributed by atoms with van der Waals surface area (Å²) in [6, 6.07) is 2.32. The van der Waals surface area contributed by atoms with E-state index in [1.165, 1.54) is 0 Å². The normalized spacial score (nSPS) is 19.3. The third kappa shape index (κ3) is 3.21. The Morgan fingerprint density at radius 2 is 2.19 bits per heavy atom. The summed E-state index contributed by atoms with van der Waals surface area (Å²) in [5.74, 6) is 0.698. The van der Waals surface area contributed by atoms with Gasteiger partial charge in [-0.3, -0.25) is 14.8 Å². The van der Waals surface area contributed by atoms with Gasteiger partial charge in [0, 0.05) is 24.4 Å². The Bertz CT molecular complexity index is 1170. The number of aromatic amines is 1. The quantitative estimate of drug-likeness (QED) is 0.636. The summed E-state index contributed by atoms with van der Waals surface area (Å²) in [6.07, 6.45) is 5.60. The minimum absolute atomic E-state index is 0.142. The Morgan fingerprint density at radius 3 is 2.89 bits per heavy atom. The summed E-state index contributed by atoms with van der Waals surface area (Å²) in [5, 5.41) is 15.0. The minimum Gasteiger partial charge on any atom is -0.493 e. The lowest BCUT2D eigenvalue weighted by Gasteiger charge is -2.27. The Balaban J connectivity index is 1.71. The molecule has 1 aliphatic carbocycles. The largest absolute Gasteiger partial charge is 0.493 e. The van der Waals surface area contributed by atoms with E-state index >= 15 is 0 Å². The van der Waals surface area contributed by atoms with Crippen molar-refractivity contribution in [2.45, 2.75) is 18.9 Å². The van der Waals surface area contributed by atoms with Gasteiger partial charge in [-0.1, -0.05) is 11.3 Å². The first kappa shape index (κ1) is 16.5. The van der Waals surface area contributed by atoms with Gasteiger partial charge in [0.2, 0.25) is 5.88 Å². The number of morpholine rings is 1. The van der Waals surface area contributed by atoms with Crippen molar-refractivity contribution in [2.75, 3.05) is 31.2 Å². The van der Waals surface area contributed by atoms with E-state index in [1.54, 1.807) is 16.8 Å². The van der Waals surface area contributed by atoms with E-state index in [9.17, 15) is 9.90 Å². The fourth-order valence-corrected chi connectivity index (χ4v) is 3.74. The highest BCUT2D eigenvalue weighted by Gasteiger charge is 2.21. The zero-order valence-corrected chi connectivity index (χ0v) is 15.3. The Morgan fingerprint density at radius 1 is 1.37 bits per heavy atom. The van der Waals surface area contributed by atoms with E-state index in [0.29, 0.717) is 29.8 Å². The van der Waals surface area contributed by atoms with Crippen LogP contribution in [0, 0.1) is 0 Å². The zero-order valence-electron chi connectivity index (χ0n) is 14.5.